The third kappa shape index (κ3) is 2.28. The van der Waals surface area contributed by atoms with E-state index in [0.29, 0.717) is 12.2 Å². The molecule has 1 aromatic heterocycles. The lowest BCUT2D eigenvalue weighted by molar-refractivity contribution is 0.341. The fourth-order valence-corrected chi connectivity index (χ4v) is 2.20. The Labute approximate surface area is 116 Å². The highest BCUT2D eigenvalue weighted by atomic mass is 16.5. The van der Waals surface area contributed by atoms with Crippen molar-refractivity contribution < 1.29 is 4.74 Å². The van der Waals surface area contributed by atoms with Gasteiger partial charge in [-0.05, 0) is 41.5 Å². The van der Waals surface area contributed by atoms with E-state index in [9.17, 15) is 4.79 Å². The van der Waals surface area contributed by atoms with Gasteiger partial charge >= 0.3 is 0 Å². The molecular weight excluding hydrogens is 252 g/mol. The Bertz CT molecular complexity index is 809. The van der Waals surface area contributed by atoms with Gasteiger partial charge in [0.15, 0.2) is 0 Å². The summed E-state index contributed by atoms with van der Waals surface area (Å²) in [6.07, 6.45) is 2.97. The number of fused-ring (bicyclic) bond motifs is 1. The predicted octanol–water partition coefficient (Wildman–Crippen LogP) is 2.99. The highest BCUT2D eigenvalue weighted by Gasteiger charge is 2.04. The first-order chi connectivity index (χ1) is 9.78. The molecule has 3 aromatic rings. The largest absolute Gasteiger partial charge is 0.494 e. The van der Waals surface area contributed by atoms with Crippen LogP contribution in [0.4, 0.5) is 0 Å². The van der Waals surface area contributed by atoms with E-state index in [1.807, 2.05) is 43.3 Å². The number of hydrogen-bond donors (Lipinski definition) is 1. The van der Waals surface area contributed by atoms with E-state index in [1.165, 1.54) is 6.33 Å². The van der Waals surface area contributed by atoms with Crippen LogP contribution in [0.5, 0.6) is 5.75 Å². The van der Waals surface area contributed by atoms with Gasteiger partial charge in [0.1, 0.15) is 5.75 Å². The van der Waals surface area contributed by atoms with Crippen LogP contribution in [0.25, 0.3) is 21.9 Å². The van der Waals surface area contributed by atoms with Crippen molar-refractivity contribution in [3.05, 3.63) is 59.3 Å². The summed E-state index contributed by atoms with van der Waals surface area (Å²) in [4.78, 5) is 18.3. The fourth-order valence-electron chi connectivity index (χ4n) is 2.20. The van der Waals surface area contributed by atoms with Crippen LogP contribution in [-0.2, 0) is 0 Å². The van der Waals surface area contributed by atoms with Gasteiger partial charge in [0.05, 0.1) is 18.5 Å². The standard InChI is InChI=1S/C16H14N2O2/c1-2-20-14-6-5-11-7-13(4-3-12(11)8-14)15-9-17-10-18-16(15)19/h3-10H,2H2,1H3,(H,17,18,19). The molecule has 0 atom stereocenters. The number of aromatic amines is 1. The zero-order chi connectivity index (χ0) is 13.9. The minimum absolute atomic E-state index is 0.134. The number of aromatic nitrogens is 2. The van der Waals surface area contributed by atoms with Crippen LogP contribution in [0.1, 0.15) is 6.92 Å². The lowest BCUT2D eigenvalue weighted by Crippen LogP contribution is -2.08. The summed E-state index contributed by atoms with van der Waals surface area (Å²) in [6.45, 7) is 2.61. The average molecular weight is 266 g/mol. The molecule has 4 heteroatoms. The maximum Gasteiger partial charge on any atom is 0.258 e. The normalized spacial score (nSPS) is 10.7. The van der Waals surface area contributed by atoms with Crippen LogP contribution in [0.15, 0.2) is 53.7 Å². The number of H-pyrrole nitrogens is 1. The second-order valence-corrected chi connectivity index (χ2v) is 4.45. The van der Waals surface area contributed by atoms with E-state index in [4.69, 9.17) is 4.74 Å². The molecule has 3 rings (SSSR count). The minimum atomic E-state index is -0.134. The molecule has 100 valence electrons. The Morgan fingerprint density at radius 2 is 1.95 bits per heavy atom. The number of nitrogens with one attached hydrogen (secondary N) is 1. The van der Waals surface area contributed by atoms with Crippen molar-refractivity contribution in [3.8, 4) is 16.9 Å². The summed E-state index contributed by atoms with van der Waals surface area (Å²) in [6, 6.07) is 11.8. The predicted molar refractivity (Wildman–Crippen MR) is 79.0 cm³/mol. The Kier molecular flexibility index (Phi) is 3.21. The van der Waals surface area contributed by atoms with Crippen molar-refractivity contribution in [1.29, 1.82) is 0 Å². The Morgan fingerprint density at radius 3 is 2.75 bits per heavy atom. The second-order valence-electron chi connectivity index (χ2n) is 4.45. The van der Waals surface area contributed by atoms with Gasteiger partial charge in [0.2, 0.25) is 0 Å². The molecule has 2 aromatic carbocycles. The van der Waals surface area contributed by atoms with E-state index >= 15 is 0 Å². The number of nitrogens with zero attached hydrogens (tertiary/aromatic N) is 1. The SMILES string of the molecule is CCOc1ccc2cc(-c3cnc[nH]c3=O)ccc2c1. The summed E-state index contributed by atoms with van der Waals surface area (Å²) < 4.78 is 5.48. The van der Waals surface area contributed by atoms with Crippen molar-refractivity contribution in [2.24, 2.45) is 0 Å². The van der Waals surface area contributed by atoms with Crippen LogP contribution in [0.2, 0.25) is 0 Å². The molecule has 0 spiro atoms. The number of ether oxygens (including phenoxy) is 1. The Hall–Kier alpha value is -2.62. The van der Waals surface area contributed by atoms with Crippen LogP contribution in [0.3, 0.4) is 0 Å². The van der Waals surface area contributed by atoms with Gasteiger partial charge in [0, 0.05) is 6.20 Å². The van der Waals surface area contributed by atoms with Gasteiger partial charge in [0.25, 0.3) is 5.56 Å². The quantitative estimate of drug-likeness (QED) is 0.793. The molecule has 0 saturated heterocycles. The van der Waals surface area contributed by atoms with Gasteiger partial charge in [-0.3, -0.25) is 4.79 Å². The van der Waals surface area contributed by atoms with Gasteiger partial charge in [-0.2, -0.15) is 0 Å². The molecule has 0 unspecified atom stereocenters. The van der Waals surface area contributed by atoms with Crippen LogP contribution >= 0.6 is 0 Å². The topological polar surface area (TPSA) is 55.0 Å². The maximum absolute atomic E-state index is 11.8. The monoisotopic (exact) mass is 266 g/mol. The molecule has 1 heterocycles. The zero-order valence-corrected chi connectivity index (χ0v) is 11.1. The minimum Gasteiger partial charge on any atom is -0.494 e. The lowest BCUT2D eigenvalue weighted by atomic mass is 10.0. The highest BCUT2D eigenvalue weighted by Crippen LogP contribution is 2.25. The lowest BCUT2D eigenvalue weighted by Gasteiger charge is -2.06. The molecule has 0 bridgehead atoms. The average Bonchev–Trinajstić information content (AvgIpc) is 2.48. The van der Waals surface area contributed by atoms with Crippen molar-refractivity contribution in [1.82, 2.24) is 9.97 Å². The van der Waals surface area contributed by atoms with Gasteiger partial charge in [-0.15, -0.1) is 0 Å². The summed E-state index contributed by atoms with van der Waals surface area (Å²) in [5.74, 6) is 0.854. The van der Waals surface area contributed by atoms with Gasteiger partial charge < -0.3 is 9.72 Å². The van der Waals surface area contributed by atoms with Crippen LogP contribution in [-0.4, -0.2) is 16.6 Å². The maximum atomic E-state index is 11.8. The molecule has 0 fully saturated rings. The molecule has 1 N–H and O–H groups in total. The Balaban J connectivity index is 2.10. The molecule has 20 heavy (non-hydrogen) atoms. The summed E-state index contributed by atoms with van der Waals surface area (Å²) in [7, 11) is 0. The number of benzene rings is 2. The van der Waals surface area contributed by atoms with E-state index in [-0.39, 0.29) is 5.56 Å². The molecule has 0 saturated carbocycles. The molecule has 0 aliphatic carbocycles. The van der Waals surface area contributed by atoms with E-state index in [0.717, 1.165) is 22.1 Å². The fraction of sp³-hybridized carbons (Fsp3) is 0.125. The van der Waals surface area contributed by atoms with Crippen molar-refractivity contribution >= 4 is 10.8 Å². The van der Waals surface area contributed by atoms with E-state index < -0.39 is 0 Å². The summed E-state index contributed by atoms with van der Waals surface area (Å²) >= 11 is 0. The van der Waals surface area contributed by atoms with Crippen molar-refractivity contribution in [2.45, 2.75) is 6.92 Å². The van der Waals surface area contributed by atoms with Gasteiger partial charge in [-0.1, -0.05) is 18.2 Å². The van der Waals surface area contributed by atoms with Crippen LogP contribution < -0.4 is 10.3 Å². The van der Waals surface area contributed by atoms with E-state index in [1.54, 1.807) is 6.20 Å². The Morgan fingerprint density at radius 1 is 1.15 bits per heavy atom. The summed E-state index contributed by atoms with van der Waals surface area (Å²) in [5, 5.41) is 2.15. The van der Waals surface area contributed by atoms with Crippen molar-refractivity contribution in [3.63, 3.8) is 0 Å². The smallest absolute Gasteiger partial charge is 0.258 e. The van der Waals surface area contributed by atoms with Crippen molar-refractivity contribution in [2.75, 3.05) is 6.61 Å². The molecule has 0 amide bonds. The molecule has 0 aliphatic heterocycles. The molecular formula is C16H14N2O2. The van der Waals surface area contributed by atoms with Gasteiger partial charge in [-0.25, -0.2) is 4.98 Å². The summed E-state index contributed by atoms with van der Waals surface area (Å²) in [5.41, 5.74) is 1.30. The first-order valence-electron chi connectivity index (χ1n) is 6.47. The first-order valence-corrected chi connectivity index (χ1v) is 6.47. The third-order valence-electron chi connectivity index (χ3n) is 3.15. The highest BCUT2D eigenvalue weighted by molar-refractivity contribution is 5.88. The number of hydrogen-bond acceptors (Lipinski definition) is 3. The second kappa shape index (κ2) is 5.17. The van der Waals surface area contributed by atoms with E-state index in [2.05, 4.69) is 9.97 Å². The molecule has 0 aliphatic rings. The first kappa shape index (κ1) is 12.4. The number of rotatable bonds is 3. The molecule has 4 nitrogen and oxygen atoms in total. The molecule has 0 radical (unpaired) electrons. The zero-order valence-electron chi connectivity index (χ0n) is 11.1. The van der Waals surface area contributed by atoms with Crippen LogP contribution in [0, 0.1) is 0 Å². The third-order valence-corrected chi connectivity index (χ3v) is 3.15.